The first-order chi connectivity index (χ1) is 9.16. The van der Waals surface area contributed by atoms with Gasteiger partial charge in [-0.3, -0.25) is 4.79 Å². The van der Waals surface area contributed by atoms with Crippen LogP contribution in [-0.2, 0) is 9.53 Å². The second-order valence-corrected chi connectivity index (χ2v) is 6.71. The molecular formula is C15H26N2O2. The van der Waals surface area contributed by atoms with Crippen molar-refractivity contribution in [2.24, 2.45) is 23.5 Å². The molecule has 3 N–H and O–H groups in total. The van der Waals surface area contributed by atoms with Crippen LogP contribution in [-0.4, -0.2) is 30.7 Å². The molecule has 4 atom stereocenters. The van der Waals surface area contributed by atoms with Crippen LogP contribution < -0.4 is 11.1 Å². The lowest BCUT2D eigenvalue weighted by Crippen LogP contribution is -2.72. The number of carbonyl (C=O) groups excluding carboxylic acids is 1. The van der Waals surface area contributed by atoms with Gasteiger partial charge in [-0.15, -0.1) is 0 Å². The average molecular weight is 266 g/mol. The number of carbonyl (C=O) groups is 1. The van der Waals surface area contributed by atoms with Crippen molar-refractivity contribution in [2.75, 3.05) is 6.61 Å². The van der Waals surface area contributed by atoms with Crippen LogP contribution in [0.3, 0.4) is 0 Å². The van der Waals surface area contributed by atoms with Gasteiger partial charge in [0.05, 0.1) is 12.1 Å². The second kappa shape index (κ2) is 5.41. The van der Waals surface area contributed by atoms with Gasteiger partial charge in [-0.1, -0.05) is 6.92 Å². The van der Waals surface area contributed by atoms with Gasteiger partial charge < -0.3 is 15.8 Å². The third-order valence-corrected chi connectivity index (χ3v) is 5.37. The molecule has 3 rings (SSSR count). The van der Waals surface area contributed by atoms with E-state index >= 15 is 0 Å². The van der Waals surface area contributed by atoms with E-state index in [-0.39, 0.29) is 30.0 Å². The maximum absolute atomic E-state index is 12.3. The zero-order valence-electron chi connectivity index (χ0n) is 11.8. The van der Waals surface area contributed by atoms with E-state index in [0.29, 0.717) is 5.92 Å². The Hall–Kier alpha value is -0.610. The molecule has 0 aromatic rings. The Morgan fingerprint density at radius 3 is 2.68 bits per heavy atom. The number of amides is 1. The summed E-state index contributed by atoms with van der Waals surface area (Å²) < 4.78 is 5.77. The first kappa shape index (κ1) is 13.4. The number of hydrogen-bond donors (Lipinski definition) is 2. The van der Waals surface area contributed by atoms with Gasteiger partial charge in [0.1, 0.15) is 0 Å². The van der Waals surface area contributed by atoms with Crippen molar-refractivity contribution in [2.45, 2.75) is 63.6 Å². The minimum absolute atomic E-state index is 0.0529. The van der Waals surface area contributed by atoms with Crippen LogP contribution in [0.5, 0.6) is 0 Å². The number of fused-ring (bicyclic) bond motifs is 1. The van der Waals surface area contributed by atoms with Crippen LogP contribution >= 0.6 is 0 Å². The van der Waals surface area contributed by atoms with Crippen LogP contribution in [0.25, 0.3) is 0 Å². The van der Waals surface area contributed by atoms with Gasteiger partial charge in [0.2, 0.25) is 5.91 Å². The number of ether oxygens (including phenoxy) is 1. The molecule has 19 heavy (non-hydrogen) atoms. The summed E-state index contributed by atoms with van der Waals surface area (Å²) in [4.78, 5) is 12.3. The maximum Gasteiger partial charge on any atom is 0.223 e. The Balaban J connectivity index is 1.52. The van der Waals surface area contributed by atoms with Crippen LogP contribution in [0.2, 0.25) is 0 Å². The van der Waals surface area contributed by atoms with Crippen molar-refractivity contribution in [1.82, 2.24) is 5.32 Å². The summed E-state index contributed by atoms with van der Waals surface area (Å²) in [5, 5.41) is 3.16. The molecule has 3 aliphatic rings. The molecular weight excluding hydrogens is 240 g/mol. The molecule has 0 spiro atoms. The molecule has 4 unspecified atom stereocenters. The molecule has 0 bridgehead atoms. The average Bonchev–Trinajstić information content (AvgIpc) is 2.45. The van der Waals surface area contributed by atoms with Gasteiger partial charge in [-0.05, 0) is 44.4 Å². The Labute approximate surface area is 115 Å². The van der Waals surface area contributed by atoms with Gasteiger partial charge in [0.15, 0.2) is 0 Å². The summed E-state index contributed by atoms with van der Waals surface area (Å²) in [6.45, 7) is 3.09. The van der Waals surface area contributed by atoms with Crippen LogP contribution in [0.4, 0.5) is 0 Å². The second-order valence-electron chi connectivity index (χ2n) is 6.71. The number of rotatable bonds is 2. The Morgan fingerprint density at radius 2 is 1.95 bits per heavy atom. The predicted octanol–water partition coefficient (Wildman–Crippen LogP) is 1.43. The molecule has 0 aromatic heterocycles. The fraction of sp³-hybridized carbons (Fsp3) is 0.933. The summed E-state index contributed by atoms with van der Waals surface area (Å²) in [5.41, 5.74) is 6.18. The van der Waals surface area contributed by atoms with Gasteiger partial charge in [0, 0.05) is 24.5 Å². The summed E-state index contributed by atoms with van der Waals surface area (Å²) in [5.74, 6) is 1.65. The van der Waals surface area contributed by atoms with Crippen molar-refractivity contribution < 1.29 is 9.53 Å². The lowest BCUT2D eigenvalue weighted by Gasteiger charge is -2.52. The smallest absolute Gasteiger partial charge is 0.223 e. The molecule has 4 heteroatoms. The van der Waals surface area contributed by atoms with E-state index in [1.807, 2.05) is 0 Å². The predicted molar refractivity (Wildman–Crippen MR) is 73.5 cm³/mol. The third-order valence-electron chi connectivity index (χ3n) is 5.37. The van der Waals surface area contributed by atoms with Gasteiger partial charge in [-0.25, -0.2) is 0 Å². The van der Waals surface area contributed by atoms with Crippen molar-refractivity contribution in [3.63, 3.8) is 0 Å². The lowest BCUT2D eigenvalue weighted by molar-refractivity contribution is -0.142. The number of nitrogens with one attached hydrogen (secondary N) is 1. The monoisotopic (exact) mass is 266 g/mol. The fourth-order valence-corrected chi connectivity index (χ4v) is 3.93. The molecule has 2 saturated carbocycles. The number of nitrogens with two attached hydrogens (primary N) is 1. The summed E-state index contributed by atoms with van der Waals surface area (Å²) in [6, 6.07) is 0.147. The van der Waals surface area contributed by atoms with Crippen LogP contribution in [0.15, 0.2) is 0 Å². The highest BCUT2D eigenvalue weighted by Crippen LogP contribution is 2.37. The summed E-state index contributed by atoms with van der Waals surface area (Å²) in [6.07, 6.45) is 6.85. The Kier molecular flexibility index (Phi) is 3.81. The topological polar surface area (TPSA) is 64.4 Å². The SMILES string of the molecule is CC1CCC(C(=O)NC2C(N)C3CCCOC32)CC1. The molecule has 3 fully saturated rings. The minimum Gasteiger partial charge on any atom is -0.376 e. The van der Waals surface area contributed by atoms with Crippen molar-refractivity contribution in [1.29, 1.82) is 0 Å². The van der Waals surface area contributed by atoms with Gasteiger partial charge in [0.25, 0.3) is 0 Å². The Morgan fingerprint density at radius 1 is 1.21 bits per heavy atom. The normalized spacial score (nSPS) is 46.0. The molecule has 0 aromatic carbocycles. The first-order valence-corrected chi connectivity index (χ1v) is 7.84. The zero-order valence-corrected chi connectivity index (χ0v) is 11.8. The van der Waals surface area contributed by atoms with Gasteiger partial charge in [-0.2, -0.15) is 0 Å². The highest BCUT2D eigenvalue weighted by atomic mass is 16.5. The van der Waals surface area contributed by atoms with Crippen molar-refractivity contribution in [3.05, 3.63) is 0 Å². The van der Waals surface area contributed by atoms with E-state index in [1.54, 1.807) is 0 Å². The lowest BCUT2D eigenvalue weighted by atomic mass is 9.68. The molecule has 1 amide bonds. The minimum atomic E-state index is 0.0529. The fourth-order valence-electron chi connectivity index (χ4n) is 3.93. The van der Waals surface area contributed by atoms with E-state index in [1.165, 1.54) is 12.8 Å². The maximum atomic E-state index is 12.3. The Bertz CT molecular complexity index is 339. The molecule has 108 valence electrons. The molecule has 0 radical (unpaired) electrons. The zero-order chi connectivity index (χ0) is 13.4. The summed E-state index contributed by atoms with van der Waals surface area (Å²) in [7, 11) is 0. The van der Waals surface area contributed by atoms with E-state index < -0.39 is 0 Å². The molecule has 4 nitrogen and oxygen atoms in total. The third kappa shape index (κ3) is 2.52. The molecule has 1 heterocycles. The summed E-state index contributed by atoms with van der Waals surface area (Å²) >= 11 is 0. The van der Waals surface area contributed by atoms with E-state index in [4.69, 9.17) is 10.5 Å². The quantitative estimate of drug-likeness (QED) is 0.795. The van der Waals surface area contributed by atoms with E-state index in [9.17, 15) is 4.79 Å². The largest absolute Gasteiger partial charge is 0.376 e. The van der Waals surface area contributed by atoms with Crippen LogP contribution in [0.1, 0.15) is 45.4 Å². The van der Waals surface area contributed by atoms with Crippen LogP contribution in [0, 0.1) is 17.8 Å². The van der Waals surface area contributed by atoms with E-state index in [2.05, 4.69) is 12.2 Å². The highest BCUT2D eigenvalue weighted by Gasteiger charge is 2.51. The number of hydrogen-bond acceptors (Lipinski definition) is 3. The van der Waals surface area contributed by atoms with Gasteiger partial charge >= 0.3 is 0 Å². The first-order valence-electron chi connectivity index (χ1n) is 7.84. The molecule has 1 saturated heterocycles. The van der Waals surface area contributed by atoms with Crippen molar-refractivity contribution >= 4 is 5.91 Å². The standard InChI is InChI=1S/C15H26N2O2/c1-9-4-6-10(7-5-9)15(18)17-13-12(16)11-3-2-8-19-14(11)13/h9-14H,2-8,16H2,1H3,(H,17,18). The van der Waals surface area contributed by atoms with Crippen molar-refractivity contribution in [3.8, 4) is 0 Å². The molecule has 1 aliphatic heterocycles. The molecule has 2 aliphatic carbocycles. The van der Waals surface area contributed by atoms with E-state index in [0.717, 1.165) is 38.2 Å². The highest BCUT2D eigenvalue weighted by molar-refractivity contribution is 5.79.